The van der Waals surface area contributed by atoms with Crippen LogP contribution in [0.2, 0.25) is 0 Å². The molecule has 16 N–H and O–H groups in total. The third kappa shape index (κ3) is 44.3. The van der Waals surface area contributed by atoms with Gasteiger partial charge in [-0.25, -0.2) is 23.3 Å². The molecule has 0 aliphatic carbocycles. The summed E-state index contributed by atoms with van der Waals surface area (Å²) in [5.74, 6) is 6.52. The van der Waals surface area contributed by atoms with Crippen LogP contribution in [0.1, 0.15) is 233 Å². The Balaban J connectivity index is -0.000000962. The first-order valence-corrected chi connectivity index (χ1v) is 32.2. The maximum Gasteiger partial charge on any atom is 0.434 e. The summed E-state index contributed by atoms with van der Waals surface area (Å²) in [6, 6.07) is 0.954. The van der Waals surface area contributed by atoms with Gasteiger partial charge in [-0.05, 0) is 13.8 Å². The lowest BCUT2D eigenvalue weighted by Crippen LogP contribution is -2.32. The molecule has 0 saturated heterocycles. The summed E-state index contributed by atoms with van der Waals surface area (Å²) < 4.78 is 42.7. The van der Waals surface area contributed by atoms with E-state index in [9.17, 15) is 27.6 Å². The number of aromatic amines is 3. The third-order valence-corrected chi connectivity index (χ3v) is 11.8. The van der Waals surface area contributed by atoms with Gasteiger partial charge in [-0.1, -0.05) is 165 Å². The molecule has 0 aromatic carbocycles. The number of rotatable bonds is 18. The molecule has 524 valence electrons. The Morgan fingerprint density at radius 1 is 0.565 bits per heavy atom. The molecule has 0 atom stereocenters. The highest BCUT2D eigenvalue weighted by Gasteiger charge is 2.13. The SMILES string of the molecule is CC(=O)C(C)C.CC(C)C(=O)CO.CC(C)C(=O)NS(C)(=O)=O.CC(C)c1n[nH]c(=O)o1.CC(C)c1nc(N)n[nH]1.CC(C)c1nnc(N)o1.CC(C)c1nnc(N)s1.CC(C)c1nnc(NCCN)o1.CC(C)c1nnc(NCCO)o1.Cc1nc(C(C)C)n[nH]1. The Kier molecular flexibility index (Phi) is 45.7. The second kappa shape index (κ2) is 47.7. The van der Waals surface area contributed by atoms with Crippen LogP contribution in [0.3, 0.4) is 0 Å². The van der Waals surface area contributed by atoms with Crippen molar-refractivity contribution in [3.05, 3.63) is 56.6 Å². The molecule has 37 heteroatoms. The van der Waals surface area contributed by atoms with Gasteiger partial charge < -0.3 is 61.4 Å². The van der Waals surface area contributed by atoms with E-state index < -0.39 is 21.7 Å². The first-order chi connectivity index (χ1) is 42.6. The summed E-state index contributed by atoms with van der Waals surface area (Å²) in [7, 11) is -3.37. The molecule has 7 aromatic rings. The van der Waals surface area contributed by atoms with Crippen molar-refractivity contribution in [2.75, 3.05) is 66.9 Å². The summed E-state index contributed by atoms with van der Waals surface area (Å²) >= 11 is 1.45. The Labute approximate surface area is 543 Å². The van der Waals surface area contributed by atoms with Gasteiger partial charge in [0.05, 0.1) is 12.9 Å². The van der Waals surface area contributed by atoms with Gasteiger partial charge in [-0.2, -0.15) is 10.1 Å². The Hall–Kier alpha value is -8.16. The number of ketones is 2. The van der Waals surface area contributed by atoms with E-state index in [-0.39, 0.29) is 72.2 Å². The van der Waals surface area contributed by atoms with Crippen LogP contribution in [-0.2, 0) is 24.4 Å². The number of sulfonamides is 1. The molecule has 0 spiro atoms. The van der Waals surface area contributed by atoms with Crippen LogP contribution < -0.4 is 44.0 Å². The summed E-state index contributed by atoms with van der Waals surface area (Å²) in [6.45, 7) is 43.5. The fourth-order valence-electron chi connectivity index (χ4n) is 4.52. The monoisotopic (exact) mass is 1340 g/mol. The maximum absolute atomic E-state index is 10.7. The number of hydrogen-bond donors (Lipinski definition) is 12. The predicted molar refractivity (Wildman–Crippen MR) is 353 cm³/mol. The highest BCUT2D eigenvalue weighted by atomic mass is 32.2. The van der Waals surface area contributed by atoms with Crippen molar-refractivity contribution in [3.8, 4) is 0 Å². The highest BCUT2D eigenvalue weighted by Crippen LogP contribution is 2.20. The number of carbonyl (C=O) groups excluding carboxylic acids is 3. The Morgan fingerprint density at radius 2 is 1.05 bits per heavy atom. The number of carbonyl (C=O) groups is 3. The summed E-state index contributed by atoms with van der Waals surface area (Å²) in [5, 5.41) is 72.7. The molecule has 0 aliphatic rings. The largest absolute Gasteiger partial charge is 0.434 e. The van der Waals surface area contributed by atoms with Gasteiger partial charge in [0.25, 0.3) is 0 Å². The van der Waals surface area contributed by atoms with Crippen LogP contribution in [0, 0.1) is 24.7 Å². The second-order valence-electron chi connectivity index (χ2n) is 22.5. The van der Waals surface area contributed by atoms with E-state index in [1.54, 1.807) is 34.6 Å². The molecule has 0 unspecified atom stereocenters. The van der Waals surface area contributed by atoms with Crippen molar-refractivity contribution in [2.24, 2.45) is 23.5 Å². The number of aliphatic hydroxyl groups is 2. The quantitative estimate of drug-likeness (QED) is 0.0432. The van der Waals surface area contributed by atoms with Crippen molar-refractivity contribution in [1.29, 1.82) is 0 Å². The van der Waals surface area contributed by atoms with Crippen molar-refractivity contribution in [3.63, 3.8) is 0 Å². The van der Waals surface area contributed by atoms with Gasteiger partial charge in [0, 0.05) is 78.8 Å². The molecule has 35 nitrogen and oxygen atoms in total. The number of hydrogen-bond acceptors (Lipinski definition) is 32. The lowest BCUT2D eigenvalue weighted by atomic mass is 10.1. The number of nitrogens with one attached hydrogen (secondary N) is 6. The minimum absolute atomic E-state index is 0.0231. The number of aliphatic hydroxyl groups excluding tert-OH is 2. The molecule has 0 fully saturated rings. The zero-order valence-electron chi connectivity index (χ0n) is 57.7. The summed E-state index contributed by atoms with van der Waals surface area (Å²) in [4.78, 5) is 49.4. The fourth-order valence-corrected chi connectivity index (χ4v) is 5.73. The summed E-state index contributed by atoms with van der Waals surface area (Å²) in [5.41, 5.74) is 21.1. The minimum atomic E-state index is -3.37. The molecule has 0 bridgehead atoms. The highest BCUT2D eigenvalue weighted by molar-refractivity contribution is 7.89. The number of Topliss-reactive ketones (excluding diaryl/α,β-unsaturated/α-hetero) is 2. The average molecular weight is 1340 g/mol. The van der Waals surface area contributed by atoms with Crippen LogP contribution in [-0.4, -0.2) is 157 Å². The normalized spacial score (nSPS) is 10.6. The molecule has 1 amide bonds. The van der Waals surface area contributed by atoms with Crippen LogP contribution in [0.25, 0.3) is 0 Å². The molecule has 0 radical (unpaired) electrons. The van der Waals surface area contributed by atoms with E-state index in [2.05, 4.69) is 124 Å². The Morgan fingerprint density at radius 3 is 1.26 bits per heavy atom. The molecule has 92 heavy (non-hydrogen) atoms. The molecular weight excluding hydrogens is 1240 g/mol. The first kappa shape index (κ1) is 88.0. The Bertz CT molecular complexity index is 2960. The fraction of sp³-hybridized carbons (Fsp3) is 0.691. The van der Waals surface area contributed by atoms with Gasteiger partial charge in [-0.3, -0.25) is 29.3 Å². The number of aryl methyl sites for hydroxylation is 1. The van der Waals surface area contributed by atoms with Crippen LogP contribution in [0.4, 0.5) is 29.1 Å². The van der Waals surface area contributed by atoms with Gasteiger partial charge in [0.15, 0.2) is 11.6 Å². The van der Waals surface area contributed by atoms with E-state index in [4.69, 9.17) is 46.4 Å². The number of amides is 1. The molecule has 7 aromatic heterocycles. The van der Waals surface area contributed by atoms with E-state index in [0.29, 0.717) is 84.1 Å². The molecule has 7 heterocycles. The van der Waals surface area contributed by atoms with Crippen molar-refractivity contribution < 1.29 is 50.7 Å². The topological polar surface area (TPSA) is 551 Å². The zero-order valence-corrected chi connectivity index (χ0v) is 59.4. The van der Waals surface area contributed by atoms with Gasteiger partial charge >= 0.3 is 23.8 Å². The lowest BCUT2D eigenvalue weighted by Gasteiger charge is -2.03. The number of nitrogens with zero attached hydrogens (tertiary/aromatic N) is 13. The number of nitrogens with two attached hydrogens (primary N) is 4. The van der Waals surface area contributed by atoms with Crippen LogP contribution >= 0.6 is 11.3 Å². The van der Waals surface area contributed by atoms with Crippen LogP contribution in [0.5, 0.6) is 0 Å². The molecular formula is C55H105N23O12S2. The second-order valence-corrected chi connectivity index (χ2v) is 25.3. The molecule has 7 rings (SSSR count). The smallest absolute Gasteiger partial charge is 0.408 e. The predicted octanol–water partition coefficient (Wildman–Crippen LogP) is 6.57. The molecule has 0 aliphatic heterocycles. The van der Waals surface area contributed by atoms with E-state index in [1.807, 2.05) is 94.7 Å². The number of H-pyrrole nitrogens is 3. The number of anilines is 5. The first-order valence-electron chi connectivity index (χ1n) is 29.5. The van der Waals surface area contributed by atoms with Crippen molar-refractivity contribution in [1.82, 2.24) is 86.1 Å². The van der Waals surface area contributed by atoms with E-state index in [1.165, 1.54) is 11.3 Å². The standard InChI is InChI=1S/C7H14N4O.C7H13N3O2.C6H11N3.C5H10N4.C5H9N3O.C5H9N3S.C5H8N2O2.C5H11NO3S.C5H10O2.C5H10O/c1-5(2)6-10-11-7(12-6)9-4-3-8;1-5(2)6-9-10-7(12-6)8-3-4-11;1-4(2)6-7-5(3)8-9-6;1-3(2)4-7-5(6)9-8-4;2*1-3(2)4-7-8-5(6)9-4;1-3(2)4-6-7-5(8)9-4;1-4(2)5(7)6-10(3,8)9;1-4(2)5(7)3-6;1-4(2)5(3)6/h5H,3-4,8H2,1-2H3,(H,9,11);5,11H,3-4H2,1-2H3,(H,8,10);4H,1-3H3,(H,7,8,9);3H,1-2H3,(H3,6,7,8,9);2*3H,1-2H3,(H2,6,8);3H,1-2H3,(H,7,8);4H,1-3H3,(H,6,7);4,6H,3H2,1-2H3;4H,1-3H3. The third-order valence-electron chi connectivity index (χ3n) is 10.1. The summed E-state index contributed by atoms with van der Waals surface area (Å²) in [6.07, 6.45) is 0.952. The van der Waals surface area contributed by atoms with Gasteiger partial charge in [-0.15, -0.1) is 35.7 Å². The number of nitrogen functional groups attached to an aromatic ring is 3. The van der Waals surface area contributed by atoms with Crippen LogP contribution in [0.15, 0.2) is 22.5 Å². The maximum atomic E-state index is 10.7. The van der Waals surface area contributed by atoms with Gasteiger partial charge in [0.1, 0.15) is 29.0 Å². The molecule has 0 saturated carbocycles. The van der Waals surface area contributed by atoms with E-state index in [0.717, 1.165) is 28.7 Å². The number of aromatic nitrogens is 16. The van der Waals surface area contributed by atoms with E-state index >= 15 is 0 Å². The average Bonchev–Trinajstić information content (AvgIpc) is 2.68. The lowest BCUT2D eigenvalue weighted by molar-refractivity contribution is -0.124. The van der Waals surface area contributed by atoms with Crippen molar-refractivity contribution in [2.45, 2.75) is 194 Å². The van der Waals surface area contributed by atoms with Crippen molar-refractivity contribution >= 4 is 68.0 Å². The minimum Gasteiger partial charge on any atom is -0.408 e. The zero-order chi connectivity index (χ0) is 71.6. The van der Waals surface area contributed by atoms with Gasteiger partial charge in [0.2, 0.25) is 50.6 Å².